The van der Waals surface area contributed by atoms with E-state index in [1.807, 2.05) is 30.3 Å². The lowest BCUT2D eigenvalue weighted by Gasteiger charge is -2.30. The van der Waals surface area contributed by atoms with Crippen LogP contribution in [-0.4, -0.2) is 70.2 Å². The number of halogens is 1. The molecule has 1 heterocycles. The Morgan fingerprint density at radius 1 is 1.14 bits per heavy atom. The molecule has 194 valence electrons. The van der Waals surface area contributed by atoms with E-state index in [1.54, 1.807) is 40.0 Å². The largest absolute Gasteiger partial charge is 0.444 e. The highest BCUT2D eigenvalue weighted by atomic mass is 19.1. The van der Waals surface area contributed by atoms with Crippen molar-refractivity contribution in [2.24, 2.45) is 0 Å². The molecule has 1 aliphatic rings. The van der Waals surface area contributed by atoms with E-state index in [4.69, 9.17) is 4.74 Å². The Hall–Kier alpha value is -3.46. The van der Waals surface area contributed by atoms with Gasteiger partial charge in [-0.05, 0) is 44.0 Å². The van der Waals surface area contributed by atoms with Crippen molar-refractivity contribution in [1.82, 2.24) is 15.1 Å². The number of amides is 3. The lowest BCUT2D eigenvalue weighted by Crippen LogP contribution is -2.54. The first kappa shape index (κ1) is 27.1. The van der Waals surface area contributed by atoms with Crippen LogP contribution in [0.1, 0.15) is 38.3 Å². The van der Waals surface area contributed by atoms with E-state index in [0.717, 1.165) is 5.56 Å². The number of aliphatic hydroxyl groups is 1. The third-order valence-corrected chi connectivity index (χ3v) is 5.79. The summed E-state index contributed by atoms with van der Waals surface area (Å²) in [5, 5.41) is 12.9. The number of hydrogen-bond donors (Lipinski definition) is 2. The smallest absolute Gasteiger partial charge is 0.411 e. The Labute approximate surface area is 211 Å². The molecule has 2 aromatic rings. The molecule has 1 fully saturated rings. The Morgan fingerprint density at radius 2 is 1.81 bits per heavy atom. The van der Waals surface area contributed by atoms with Crippen LogP contribution in [0.4, 0.5) is 9.18 Å². The summed E-state index contributed by atoms with van der Waals surface area (Å²) in [4.78, 5) is 42.1. The lowest BCUT2D eigenvalue weighted by molar-refractivity contribution is -0.137. The monoisotopic (exact) mass is 499 g/mol. The third kappa shape index (κ3) is 7.52. The van der Waals surface area contributed by atoms with E-state index >= 15 is 0 Å². The zero-order valence-electron chi connectivity index (χ0n) is 21.1. The van der Waals surface area contributed by atoms with Gasteiger partial charge < -0.3 is 20.1 Å². The van der Waals surface area contributed by atoms with Gasteiger partial charge in [0, 0.05) is 26.4 Å². The fourth-order valence-corrected chi connectivity index (χ4v) is 4.15. The van der Waals surface area contributed by atoms with Gasteiger partial charge in [-0.2, -0.15) is 0 Å². The molecule has 0 saturated carbocycles. The maximum Gasteiger partial charge on any atom is 0.411 e. The Morgan fingerprint density at radius 3 is 2.44 bits per heavy atom. The van der Waals surface area contributed by atoms with Crippen LogP contribution in [-0.2, 0) is 27.3 Å². The second-order valence-electron chi connectivity index (χ2n) is 10.1. The van der Waals surface area contributed by atoms with Crippen molar-refractivity contribution in [3.05, 3.63) is 71.5 Å². The van der Waals surface area contributed by atoms with Gasteiger partial charge in [-0.25, -0.2) is 9.18 Å². The summed E-state index contributed by atoms with van der Waals surface area (Å²) in [6, 6.07) is 13.2. The molecule has 0 spiro atoms. The minimum absolute atomic E-state index is 0.0196. The molecule has 3 amide bonds. The first-order valence-corrected chi connectivity index (χ1v) is 11.9. The average Bonchev–Trinajstić information content (AvgIpc) is 3.20. The summed E-state index contributed by atoms with van der Waals surface area (Å²) in [5.41, 5.74) is 0.679. The Balaban J connectivity index is 1.79. The third-order valence-electron chi connectivity index (χ3n) is 5.79. The van der Waals surface area contributed by atoms with Crippen molar-refractivity contribution in [1.29, 1.82) is 0 Å². The minimum Gasteiger partial charge on any atom is -0.444 e. The van der Waals surface area contributed by atoms with Crippen molar-refractivity contribution in [3.63, 3.8) is 0 Å². The van der Waals surface area contributed by atoms with Crippen molar-refractivity contribution in [3.8, 4) is 0 Å². The number of aliphatic hydroxyl groups excluding tert-OH is 1. The first-order chi connectivity index (χ1) is 16.9. The molecule has 0 bridgehead atoms. The molecule has 9 heteroatoms. The number of hydrogen-bond acceptors (Lipinski definition) is 5. The number of benzene rings is 2. The van der Waals surface area contributed by atoms with Gasteiger partial charge in [0.15, 0.2) is 0 Å². The van der Waals surface area contributed by atoms with Crippen molar-refractivity contribution in [2.45, 2.75) is 63.9 Å². The van der Waals surface area contributed by atoms with E-state index in [1.165, 1.54) is 21.9 Å². The summed E-state index contributed by atoms with van der Waals surface area (Å²) >= 11 is 0. The highest BCUT2D eigenvalue weighted by Crippen LogP contribution is 2.22. The first-order valence-electron chi connectivity index (χ1n) is 11.9. The fourth-order valence-electron chi connectivity index (χ4n) is 4.15. The van der Waals surface area contributed by atoms with Crippen LogP contribution in [0, 0.1) is 5.82 Å². The van der Waals surface area contributed by atoms with E-state index in [9.17, 15) is 23.9 Å². The quantitative estimate of drug-likeness (QED) is 0.611. The molecule has 3 atom stereocenters. The van der Waals surface area contributed by atoms with Crippen LogP contribution in [0.15, 0.2) is 54.6 Å². The molecule has 2 N–H and O–H groups in total. The van der Waals surface area contributed by atoms with Crippen LogP contribution >= 0.6 is 0 Å². The summed E-state index contributed by atoms with van der Waals surface area (Å²) in [7, 11) is 1.63. The van der Waals surface area contributed by atoms with Gasteiger partial charge in [0.25, 0.3) is 0 Å². The Kier molecular flexibility index (Phi) is 8.68. The predicted molar refractivity (Wildman–Crippen MR) is 132 cm³/mol. The summed E-state index contributed by atoms with van der Waals surface area (Å²) in [6.45, 7) is 5.40. The van der Waals surface area contributed by atoms with Crippen LogP contribution in [0.5, 0.6) is 0 Å². The molecule has 0 aromatic heterocycles. The SMILES string of the molecule is CN(Cc1ccccc1)C(=O)[C@H](Cc1cccc(F)c1)NC(=O)[C@@H]1C[C@@H](O)CN1C(=O)OC(C)(C)C. The van der Waals surface area contributed by atoms with Gasteiger partial charge in [0.05, 0.1) is 12.6 Å². The van der Waals surface area contributed by atoms with E-state index in [0.29, 0.717) is 12.1 Å². The summed E-state index contributed by atoms with van der Waals surface area (Å²) < 4.78 is 19.2. The molecule has 3 rings (SSSR count). The summed E-state index contributed by atoms with van der Waals surface area (Å²) in [6.07, 6.45) is -1.53. The number of nitrogens with one attached hydrogen (secondary N) is 1. The molecule has 36 heavy (non-hydrogen) atoms. The molecule has 2 aromatic carbocycles. The lowest BCUT2D eigenvalue weighted by atomic mass is 10.0. The number of carbonyl (C=O) groups excluding carboxylic acids is 3. The van der Waals surface area contributed by atoms with Crippen LogP contribution in [0.25, 0.3) is 0 Å². The second kappa shape index (κ2) is 11.5. The van der Waals surface area contributed by atoms with Crippen LogP contribution < -0.4 is 5.32 Å². The van der Waals surface area contributed by atoms with E-state index in [2.05, 4.69) is 5.32 Å². The number of likely N-dealkylation sites (N-methyl/N-ethyl adjacent to an activating group) is 1. The Bertz CT molecular complexity index is 1070. The van der Waals surface area contributed by atoms with Gasteiger partial charge in [0.1, 0.15) is 23.5 Å². The zero-order chi connectivity index (χ0) is 26.5. The normalized spacial score (nSPS) is 18.4. The predicted octanol–water partition coefficient (Wildman–Crippen LogP) is 2.88. The number of carbonyl (C=O) groups is 3. The number of rotatable bonds is 7. The maximum atomic E-state index is 13.8. The number of β-amino-alcohol motifs (C(OH)–C–C–N with tert-alkyl or cyclic N) is 1. The van der Waals surface area contributed by atoms with Crippen molar-refractivity contribution >= 4 is 17.9 Å². The zero-order valence-corrected chi connectivity index (χ0v) is 21.1. The van der Waals surface area contributed by atoms with Crippen molar-refractivity contribution in [2.75, 3.05) is 13.6 Å². The standard InChI is InChI=1S/C27H34FN3O5/c1-27(2,3)36-26(35)31-17-21(32)15-23(31)24(33)29-22(14-19-11-8-12-20(28)13-19)25(34)30(4)16-18-9-6-5-7-10-18/h5-13,21-23,32H,14-17H2,1-4H3,(H,29,33)/t21-,22+,23+/m1/s1. The van der Waals surface area contributed by atoms with Gasteiger partial charge in [0.2, 0.25) is 11.8 Å². The minimum atomic E-state index is -1.01. The highest BCUT2D eigenvalue weighted by Gasteiger charge is 2.42. The van der Waals surface area contributed by atoms with Gasteiger partial charge in [-0.1, -0.05) is 42.5 Å². The van der Waals surface area contributed by atoms with Gasteiger partial charge in [-0.3, -0.25) is 14.5 Å². The molecular formula is C27H34FN3O5. The average molecular weight is 500 g/mol. The molecule has 1 saturated heterocycles. The van der Waals surface area contributed by atoms with Crippen molar-refractivity contribution < 1.29 is 28.6 Å². The molecular weight excluding hydrogens is 465 g/mol. The number of ether oxygens (including phenoxy) is 1. The van der Waals surface area contributed by atoms with E-state index in [-0.39, 0.29) is 25.3 Å². The maximum absolute atomic E-state index is 13.8. The number of likely N-dealkylation sites (tertiary alicyclic amines) is 1. The highest BCUT2D eigenvalue weighted by molar-refractivity contribution is 5.91. The van der Waals surface area contributed by atoms with Crippen LogP contribution in [0.3, 0.4) is 0 Å². The van der Waals surface area contributed by atoms with Gasteiger partial charge >= 0.3 is 6.09 Å². The summed E-state index contributed by atoms with van der Waals surface area (Å²) in [5.74, 6) is -1.39. The van der Waals surface area contributed by atoms with Gasteiger partial charge in [-0.15, -0.1) is 0 Å². The topological polar surface area (TPSA) is 99.2 Å². The molecule has 0 unspecified atom stereocenters. The second-order valence-corrected chi connectivity index (χ2v) is 10.1. The van der Waals surface area contributed by atoms with Crippen LogP contribution in [0.2, 0.25) is 0 Å². The molecule has 1 aliphatic heterocycles. The molecule has 0 radical (unpaired) electrons. The number of nitrogens with zero attached hydrogens (tertiary/aromatic N) is 2. The molecule has 8 nitrogen and oxygen atoms in total. The van der Waals surface area contributed by atoms with E-state index < -0.39 is 41.6 Å². The fraction of sp³-hybridized carbons (Fsp3) is 0.444. The molecule has 0 aliphatic carbocycles.